The third kappa shape index (κ3) is 7.11. The minimum atomic E-state index is -0.876. The molecule has 2 amide bonds. The quantitative estimate of drug-likeness (QED) is 0.694. The van der Waals surface area contributed by atoms with Crippen molar-refractivity contribution in [1.82, 2.24) is 20.6 Å². The summed E-state index contributed by atoms with van der Waals surface area (Å²) in [5.41, 5.74) is -0.786. The summed E-state index contributed by atoms with van der Waals surface area (Å²) in [5.74, 6) is 0.121. The molecule has 0 aliphatic carbocycles. The highest BCUT2D eigenvalue weighted by atomic mass is 16.6. The number of hydrogen-bond acceptors (Lipinski definition) is 9. The van der Waals surface area contributed by atoms with Gasteiger partial charge in [-0.3, -0.25) is 0 Å². The van der Waals surface area contributed by atoms with Gasteiger partial charge in [0, 0.05) is 11.9 Å². The Balaban J connectivity index is 2.35. The van der Waals surface area contributed by atoms with Crippen LogP contribution in [0.4, 0.5) is 21.0 Å². The first-order chi connectivity index (χ1) is 14.4. The zero-order valence-corrected chi connectivity index (χ0v) is 18.3. The van der Waals surface area contributed by atoms with E-state index in [9.17, 15) is 14.9 Å². The van der Waals surface area contributed by atoms with Gasteiger partial charge in [-0.1, -0.05) is 6.07 Å². The van der Waals surface area contributed by atoms with Gasteiger partial charge < -0.3 is 14.8 Å². The maximum atomic E-state index is 12.8. The van der Waals surface area contributed by atoms with Gasteiger partial charge in [-0.15, -0.1) is 10.2 Å². The van der Waals surface area contributed by atoms with E-state index in [0.717, 1.165) is 4.90 Å². The molecule has 2 N–H and O–H groups in total. The normalized spacial score (nSPS) is 12.0. The van der Waals surface area contributed by atoms with Crippen molar-refractivity contribution < 1.29 is 19.1 Å². The third-order valence-electron chi connectivity index (χ3n) is 3.35. The Labute approximate surface area is 180 Å². The minimum Gasteiger partial charge on any atom is -0.443 e. The largest absolute Gasteiger partial charge is 0.443 e. The van der Waals surface area contributed by atoms with Crippen LogP contribution >= 0.6 is 0 Å². The number of H-pyrrole nitrogens is 1. The number of rotatable bonds is 4. The Hall–Kier alpha value is -3.94. The van der Waals surface area contributed by atoms with Crippen molar-refractivity contribution in [2.24, 2.45) is 0 Å². The van der Waals surface area contributed by atoms with Crippen molar-refractivity contribution in [2.75, 3.05) is 10.2 Å². The van der Waals surface area contributed by atoms with Gasteiger partial charge >= 0.3 is 12.2 Å². The van der Waals surface area contributed by atoms with Gasteiger partial charge in [0.2, 0.25) is 5.82 Å². The van der Waals surface area contributed by atoms with Gasteiger partial charge in [0.1, 0.15) is 22.8 Å². The second kappa shape index (κ2) is 9.25. The number of carbonyl (C=O) groups is 2. The molecule has 0 bridgehead atoms. The molecule has 1 aromatic heterocycles. The fourth-order valence-corrected chi connectivity index (χ4v) is 2.21. The van der Waals surface area contributed by atoms with E-state index in [1.165, 1.54) is 12.3 Å². The molecule has 0 atom stereocenters. The number of nitriles is 1. The number of benzene rings is 1. The number of ether oxygens (including phenoxy) is 2. The Morgan fingerprint density at radius 2 is 1.74 bits per heavy atom. The molecule has 164 valence electrons. The van der Waals surface area contributed by atoms with E-state index in [1.54, 1.807) is 59.7 Å². The number of carbonyl (C=O) groups excluding carboxylic acids is 2. The predicted molar refractivity (Wildman–Crippen MR) is 113 cm³/mol. The Bertz CT molecular complexity index is 968. The summed E-state index contributed by atoms with van der Waals surface area (Å²) in [7, 11) is 0. The topological polar surface area (TPSA) is 146 Å². The molecular formula is C20H25N7O4. The maximum Gasteiger partial charge on any atom is 0.424 e. The van der Waals surface area contributed by atoms with Crippen molar-refractivity contribution in [1.29, 1.82) is 5.26 Å². The van der Waals surface area contributed by atoms with Crippen molar-refractivity contribution in [3.05, 3.63) is 36.3 Å². The van der Waals surface area contributed by atoms with E-state index < -0.39 is 23.4 Å². The van der Waals surface area contributed by atoms with E-state index in [2.05, 4.69) is 25.9 Å². The van der Waals surface area contributed by atoms with Crippen LogP contribution in [0.15, 0.2) is 30.5 Å². The van der Waals surface area contributed by atoms with Crippen LogP contribution in [-0.4, -0.2) is 44.0 Å². The summed E-state index contributed by atoms with van der Waals surface area (Å²) in [4.78, 5) is 26.3. The number of nitrogens with one attached hydrogen (secondary N) is 2. The van der Waals surface area contributed by atoms with Crippen LogP contribution in [0.1, 0.15) is 47.4 Å². The second-order valence-electron chi connectivity index (χ2n) is 8.40. The highest BCUT2D eigenvalue weighted by molar-refractivity contribution is 6.09. The lowest BCUT2D eigenvalue weighted by Gasteiger charge is -2.28. The Kier molecular flexibility index (Phi) is 6.97. The predicted octanol–water partition coefficient (Wildman–Crippen LogP) is 3.85. The van der Waals surface area contributed by atoms with Crippen LogP contribution in [0, 0.1) is 11.3 Å². The maximum absolute atomic E-state index is 12.8. The number of anilines is 2. The molecule has 0 spiro atoms. The van der Waals surface area contributed by atoms with E-state index in [1.807, 2.05) is 6.07 Å². The summed E-state index contributed by atoms with van der Waals surface area (Å²) < 4.78 is 10.8. The molecule has 0 unspecified atom stereocenters. The average molecular weight is 427 g/mol. The Morgan fingerprint density at radius 1 is 1.13 bits per heavy atom. The van der Waals surface area contributed by atoms with Gasteiger partial charge in [0.15, 0.2) is 0 Å². The molecule has 31 heavy (non-hydrogen) atoms. The summed E-state index contributed by atoms with van der Waals surface area (Å²) in [6, 6.07) is 8.38. The molecule has 0 fully saturated rings. The highest BCUT2D eigenvalue weighted by Crippen LogP contribution is 2.25. The van der Waals surface area contributed by atoms with E-state index in [-0.39, 0.29) is 17.1 Å². The number of allylic oxidation sites excluding steroid dienone is 1. The van der Waals surface area contributed by atoms with Crippen molar-refractivity contribution >= 4 is 29.1 Å². The van der Waals surface area contributed by atoms with Gasteiger partial charge in [-0.05, 0) is 65.0 Å². The van der Waals surface area contributed by atoms with Crippen LogP contribution in [-0.2, 0) is 9.47 Å². The van der Waals surface area contributed by atoms with Crippen LogP contribution in [0.3, 0.4) is 0 Å². The molecule has 2 rings (SSSR count). The van der Waals surface area contributed by atoms with Gasteiger partial charge in [0.25, 0.3) is 0 Å². The van der Waals surface area contributed by atoms with Crippen molar-refractivity contribution in [3.8, 4) is 6.07 Å². The smallest absolute Gasteiger partial charge is 0.424 e. The molecule has 11 nitrogen and oxygen atoms in total. The number of nitrogens with zero attached hydrogens (tertiary/aromatic N) is 5. The first kappa shape index (κ1) is 23.3. The monoisotopic (exact) mass is 427 g/mol. The van der Waals surface area contributed by atoms with Crippen LogP contribution in [0.5, 0.6) is 0 Å². The van der Waals surface area contributed by atoms with Crippen molar-refractivity contribution in [2.45, 2.75) is 52.7 Å². The SMILES string of the molecule is CC(C)(C)OC(=O)N(C(=O)OC(C)(C)C)c1cccc(NC=C(C#N)c2nn[nH]n2)c1. The number of imide groups is 1. The number of amides is 2. The lowest BCUT2D eigenvalue weighted by molar-refractivity contribution is 0.0431. The van der Waals surface area contributed by atoms with Gasteiger partial charge in [-0.25, -0.2) is 9.59 Å². The zero-order valence-electron chi connectivity index (χ0n) is 18.3. The highest BCUT2D eigenvalue weighted by Gasteiger charge is 2.32. The van der Waals surface area contributed by atoms with Crippen LogP contribution in [0.2, 0.25) is 0 Å². The molecule has 0 aliphatic heterocycles. The van der Waals surface area contributed by atoms with Crippen molar-refractivity contribution in [3.63, 3.8) is 0 Å². The molecular weight excluding hydrogens is 402 g/mol. The van der Waals surface area contributed by atoms with E-state index in [4.69, 9.17) is 9.47 Å². The molecule has 0 saturated heterocycles. The third-order valence-corrected chi connectivity index (χ3v) is 3.35. The zero-order chi connectivity index (χ0) is 23.2. The molecule has 0 saturated carbocycles. The second-order valence-corrected chi connectivity index (χ2v) is 8.40. The summed E-state index contributed by atoms with van der Waals surface area (Å²) >= 11 is 0. The molecule has 1 heterocycles. The molecule has 11 heteroatoms. The first-order valence-electron chi connectivity index (χ1n) is 9.36. The lowest BCUT2D eigenvalue weighted by Crippen LogP contribution is -2.43. The van der Waals surface area contributed by atoms with Gasteiger partial charge in [0.05, 0.1) is 5.69 Å². The molecule has 2 aromatic rings. The van der Waals surface area contributed by atoms with E-state index in [0.29, 0.717) is 5.69 Å². The van der Waals surface area contributed by atoms with E-state index >= 15 is 0 Å². The minimum absolute atomic E-state index is 0.121. The molecule has 0 aliphatic rings. The van der Waals surface area contributed by atoms with Crippen LogP contribution in [0.25, 0.3) is 5.57 Å². The van der Waals surface area contributed by atoms with Crippen LogP contribution < -0.4 is 10.2 Å². The number of hydrogen-bond donors (Lipinski definition) is 2. The molecule has 1 aromatic carbocycles. The van der Waals surface area contributed by atoms with Gasteiger partial charge in [-0.2, -0.15) is 15.4 Å². The number of tetrazole rings is 1. The number of aromatic amines is 1. The average Bonchev–Trinajstić information content (AvgIpc) is 3.14. The fraction of sp³-hybridized carbons (Fsp3) is 0.400. The summed E-state index contributed by atoms with van der Waals surface area (Å²) in [6.07, 6.45) is -0.368. The molecule has 0 radical (unpaired) electrons. The Morgan fingerprint density at radius 3 is 2.23 bits per heavy atom. The number of aromatic nitrogens is 4. The standard InChI is InChI=1S/C20H25N7O4/c1-19(2,3)30-17(28)27(18(29)31-20(4,5)6)15-9-7-8-14(10-15)22-12-13(11-21)16-23-25-26-24-16/h7-10,12,22H,1-6H3,(H,23,24,25,26). The summed E-state index contributed by atoms with van der Waals surface area (Å²) in [5, 5.41) is 25.4. The lowest BCUT2D eigenvalue weighted by atomic mass is 10.2. The first-order valence-corrected chi connectivity index (χ1v) is 9.36. The fourth-order valence-electron chi connectivity index (χ4n) is 2.21. The summed E-state index contributed by atoms with van der Waals surface area (Å²) in [6.45, 7) is 10.2.